The Morgan fingerprint density at radius 3 is 3.00 bits per heavy atom. The Kier molecular flexibility index (Phi) is 2.69. The van der Waals surface area contributed by atoms with Gasteiger partial charge in [-0.05, 0) is 18.2 Å². The molecule has 0 N–H and O–H groups in total. The summed E-state index contributed by atoms with van der Waals surface area (Å²) in [6.07, 6.45) is 0.892. The van der Waals surface area contributed by atoms with Gasteiger partial charge in [-0.3, -0.25) is 0 Å². The van der Waals surface area contributed by atoms with Gasteiger partial charge in [-0.15, -0.1) is 0 Å². The molecule has 0 aliphatic heterocycles. The van der Waals surface area contributed by atoms with Crippen molar-refractivity contribution in [1.82, 2.24) is 5.16 Å². The van der Waals surface area contributed by atoms with Crippen LogP contribution in [0.25, 0.3) is 11.0 Å². The fourth-order valence-electron chi connectivity index (χ4n) is 1.23. The van der Waals surface area contributed by atoms with Gasteiger partial charge in [0.25, 0.3) is 0 Å². The molecule has 0 spiro atoms. The minimum atomic E-state index is 0.846. The Balaban J connectivity index is 2.58. The van der Waals surface area contributed by atoms with Crippen LogP contribution in [0.2, 0.25) is 0 Å². The Morgan fingerprint density at radius 1 is 1.38 bits per heavy atom. The molecule has 0 radical (unpaired) electrons. The number of hydrogen-bond donors (Lipinski definition) is 0. The number of aromatic nitrogens is 1. The topological polar surface area (TPSA) is 26.0 Å². The molecular formula is C9H7Br2NO. The van der Waals surface area contributed by atoms with Crippen LogP contribution in [0.15, 0.2) is 27.2 Å². The molecule has 2 nitrogen and oxygen atoms in total. The van der Waals surface area contributed by atoms with E-state index in [1.54, 1.807) is 0 Å². The van der Waals surface area contributed by atoms with Crippen LogP contribution < -0.4 is 0 Å². The van der Waals surface area contributed by atoms with Crippen LogP contribution in [0.1, 0.15) is 5.69 Å². The first-order chi connectivity index (χ1) is 6.31. The number of fused-ring (bicyclic) bond motifs is 1. The van der Waals surface area contributed by atoms with E-state index in [4.69, 9.17) is 4.52 Å². The molecule has 0 unspecified atom stereocenters. The lowest BCUT2D eigenvalue weighted by molar-refractivity contribution is 0.447. The molecular weight excluding hydrogens is 298 g/mol. The average Bonchev–Trinajstić information content (AvgIpc) is 2.49. The van der Waals surface area contributed by atoms with Gasteiger partial charge in [0.2, 0.25) is 0 Å². The summed E-state index contributed by atoms with van der Waals surface area (Å²) in [5, 5.41) is 6.00. The molecule has 0 aliphatic rings. The molecule has 4 heteroatoms. The number of halogens is 2. The highest BCUT2D eigenvalue weighted by Gasteiger charge is 2.06. The molecule has 0 atom stereocenters. The van der Waals surface area contributed by atoms with E-state index < -0.39 is 0 Å². The highest BCUT2D eigenvalue weighted by atomic mass is 79.9. The third-order valence-corrected chi connectivity index (χ3v) is 2.73. The molecule has 0 saturated carbocycles. The minimum absolute atomic E-state index is 0.846. The molecule has 0 fully saturated rings. The number of benzene rings is 1. The molecule has 0 bridgehead atoms. The smallest absolute Gasteiger partial charge is 0.167 e. The van der Waals surface area contributed by atoms with Gasteiger partial charge >= 0.3 is 0 Å². The van der Waals surface area contributed by atoms with Gasteiger partial charge in [0.15, 0.2) is 5.58 Å². The number of hydrogen-bond acceptors (Lipinski definition) is 2. The number of nitrogens with zero attached hydrogens (tertiary/aromatic N) is 1. The van der Waals surface area contributed by atoms with Gasteiger partial charge in [0.1, 0.15) is 0 Å². The van der Waals surface area contributed by atoms with Crippen molar-refractivity contribution in [2.24, 2.45) is 0 Å². The van der Waals surface area contributed by atoms with Crippen LogP contribution >= 0.6 is 31.9 Å². The summed E-state index contributed by atoms with van der Waals surface area (Å²) in [5.74, 6) is 0. The summed E-state index contributed by atoms with van der Waals surface area (Å²) in [7, 11) is 0. The summed E-state index contributed by atoms with van der Waals surface area (Å²) in [4.78, 5) is 0. The Morgan fingerprint density at radius 2 is 2.23 bits per heavy atom. The van der Waals surface area contributed by atoms with E-state index in [1.165, 1.54) is 0 Å². The van der Waals surface area contributed by atoms with Crippen molar-refractivity contribution in [2.45, 2.75) is 6.42 Å². The Hall–Kier alpha value is -0.350. The van der Waals surface area contributed by atoms with E-state index in [9.17, 15) is 0 Å². The van der Waals surface area contributed by atoms with Crippen LogP contribution in [-0.2, 0) is 6.42 Å². The van der Waals surface area contributed by atoms with Crippen LogP contribution in [0.4, 0.5) is 0 Å². The number of rotatable bonds is 2. The number of aryl methyl sites for hydroxylation is 1. The third kappa shape index (κ3) is 1.79. The SMILES string of the molecule is BrCCc1noc2ccc(Br)cc12. The van der Waals surface area contributed by atoms with Crippen molar-refractivity contribution in [3.63, 3.8) is 0 Å². The Bertz CT molecular complexity index is 424. The molecule has 1 heterocycles. The Labute approximate surface area is 92.5 Å². The zero-order valence-electron chi connectivity index (χ0n) is 6.76. The number of alkyl halides is 1. The first-order valence-electron chi connectivity index (χ1n) is 3.91. The maximum atomic E-state index is 5.16. The summed E-state index contributed by atoms with van der Waals surface area (Å²) < 4.78 is 6.22. The van der Waals surface area contributed by atoms with Crippen molar-refractivity contribution in [3.8, 4) is 0 Å². The van der Waals surface area contributed by atoms with E-state index in [-0.39, 0.29) is 0 Å². The second-order valence-corrected chi connectivity index (χ2v) is 4.42. The standard InChI is InChI=1S/C9H7Br2NO/c10-4-3-8-7-5-6(11)1-2-9(7)13-12-8/h1-2,5H,3-4H2. The molecule has 1 aromatic heterocycles. The lowest BCUT2D eigenvalue weighted by Gasteiger charge is -1.91. The average molecular weight is 305 g/mol. The van der Waals surface area contributed by atoms with Crippen molar-refractivity contribution in [1.29, 1.82) is 0 Å². The lowest BCUT2D eigenvalue weighted by atomic mass is 10.2. The molecule has 0 aliphatic carbocycles. The highest BCUT2D eigenvalue weighted by molar-refractivity contribution is 9.10. The van der Waals surface area contributed by atoms with Crippen molar-refractivity contribution in [3.05, 3.63) is 28.4 Å². The van der Waals surface area contributed by atoms with Crippen molar-refractivity contribution < 1.29 is 4.52 Å². The van der Waals surface area contributed by atoms with Crippen molar-refractivity contribution in [2.75, 3.05) is 5.33 Å². The van der Waals surface area contributed by atoms with Gasteiger partial charge < -0.3 is 4.52 Å². The second kappa shape index (κ2) is 3.80. The predicted molar refractivity (Wildman–Crippen MR) is 59.2 cm³/mol. The van der Waals surface area contributed by atoms with E-state index in [0.29, 0.717) is 0 Å². The second-order valence-electron chi connectivity index (χ2n) is 2.71. The van der Waals surface area contributed by atoms with E-state index >= 15 is 0 Å². The molecule has 2 rings (SSSR count). The van der Waals surface area contributed by atoms with E-state index in [1.807, 2.05) is 18.2 Å². The zero-order chi connectivity index (χ0) is 9.26. The summed E-state index contributed by atoms with van der Waals surface area (Å²) in [5.41, 5.74) is 1.85. The first-order valence-corrected chi connectivity index (χ1v) is 5.82. The zero-order valence-corrected chi connectivity index (χ0v) is 9.93. The molecule has 1 aromatic carbocycles. The predicted octanol–water partition coefficient (Wildman–Crippen LogP) is 3.53. The van der Waals surface area contributed by atoms with Crippen molar-refractivity contribution >= 4 is 42.8 Å². The lowest BCUT2D eigenvalue weighted by Crippen LogP contribution is -1.85. The van der Waals surface area contributed by atoms with Gasteiger partial charge in [-0.1, -0.05) is 37.0 Å². The minimum Gasteiger partial charge on any atom is -0.356 e. The summed E-state index contributed by atoms with van der Waals surface area (Å²) in [6.45, 7) is 0. The van der Waals surface area contributed by atoms with Crippen LogP contribution in [0.3, 0.4) is 0 Å². The maximum absolute atomic E-state index is 5.16. The fraction of sp³-hybridized carbons (Fsp3) is 0.222. The molecule has 0 amide bonds. The quantitative estimate of drug-likeness (QED) is 0.793. The normalized spacial score (nSPS) is 10.9. The largest absolute Gasteiger partial charge is 0.356 e. The highest BCUT2D eigenvalue weighted by Crippen LogP contribution is 2.23. The molecule has 0 saturated heterocycles. The van der Waals surface area contributed by atoms with Gasteiger partial charge in [-0.25, -0.2) is 0 Å². The van der Waals surface area contributed by atoms with Gasteiger partial charge in [-0.2, -0.15) is 0 Å². The molecule has 68 valence electrons. The fourth-order valence-corrected chi connectivity index (χ4v) is 1.97. The van der Waals surface area contributed by atoms with Gasteiger partial charge in [0.05, 0.1) is 5.69 Å². The molecule has 2 aromatic rings. The first kappa shape index (κ1) is 9.21. The molecule has 13 heavy (non-hydrogen) atoms. The van der Waals surface area contributed by atoms with Crippen LogP contribution in [0.5, 0.6) is 0 Å². The van der Waals surface area contributed by atoms with Crippen LogP contribution in [0, 0.1) is 0 Å². The maximum Gasteiger partial charge on any atom is 0.167 e. The summed E-state index contributed by atoms with van der Waals surface area (Å²) >= 11 is 6.80. The third-order valence-electron chi connectivity index (χ3n) is 1.84. The van der Waals surface area contributed by atoms with Gasteiger partial charge in [0, 0.05) is 21.6 Å². The van der Waals surface area contributed by atoms with E-state index in [2.05, 4.69) is 37.0 Å². The van der Waals surface area contributed by atoms with E-state index in [0.717, 1.165) is 32.9 Å². The van der Waals surface area contributed by atoms with Crippen LogP contribution in [-0.4, -0.2) is 10.5 Å². The monoisotopic (exact) mass is 303 g/mol. The summed E-state index contributed by atoms with van der Waals surface area (Å²) in [6, 6.07) is 5.90.